The summed E-state index contributed by atoms with van der Waals surface area (Å²) in [5.41, 5.74) is 0. The molecule has 68 valence electrons. The molecule has 0 fully saturated rings. The number of unbranched alkanes of at least 4 members (excludes halogenated alkanes) is 1. The molecule has 0 N–H and O–H groups in total. The lowest BCUT2D eigenvalue weighted by Crippen LogP contribution is -2.08. The van der Waals surface area contributed by atoms with Gasteiger partial charge in [0.05, 0.1) is 0 Å². The number of rotatable bonds is 7. The summed E-state index contributed by atoms with van der Waals surface area (Å²) in [5, 5.41) is 0. The fourth-order valence-electron chi connectivity index (χ4n) is 1.18. The molecule has 0 aromatic heterocycles. The first-order valence-electron chi connectivity index (χ1n) is 4.92. The SMILES string of the molecule is CCCC[C@H](CC)COCC. The van der Waals surface area contributed by atoms with Crippen LogP contribution in [0.3, 0.4) is 0 Å². The van der Waals surface area contributed by atoms with Gasteiger partial charge in [0.25, 0.3) is 0 Å². The first kappa shape index (κ1) is 11.0. The van der Waals surface area contributed by atoms with Gasteiger partial charge in [-0.2, -0.15) is 0 Å². The number of hydrogen-bond donors (Lipinski definition) is 0. The van der Waals surface area contributed by atoms with Gasteiger partial charge in [0.1, 0.15) is 0 Å². The summed E-state index contributed by atoms with van der Waals surface area (Å²) >= 11 is 0. The standard InChI is InChI=1S/C10H22O/c1-4-7-8-10(5-2)9-11-6-3/h10H,4-9H2,1-3H3/t10-/m0/s1. The topological polar surface area (TPSA) is 9.23 Å². The smallest absolute Gasteiger partial charge is 0.0494 e. The number of ether oxygens (including phenoxy) is 1. The van der Waals surface area contributed by atoms with Crippen molar-refractivity contribution >= 4 is 0 Å². The van der Waals surface area contributed by atoms with E-state index < -0.39 is 0 Å². The molecule has 0 aliphatic heterocycles. The van der Waals surface area contributed by atoms with Gasteiger partial charge in [-0.1, -0.05) is 33.1 Å². The molecule has 0 unspecified atom stereocenters. The van der Waals surface area contributed by atoms with Crippen LogP contribution in [-0.4, -0.2) is 13.2 Å². The molecule has 0 rings (SSSR count). The molecule has 1 atom stereocenters. The molecule has 0 heterocycles. The van der Waals surface area contributed by atoms with E-state index in [0.717, 1.165) is 19.1 Å². The second-order valence-corrected chi connectivity index (χ2v) is 3.08. The van der Waals surface area contributed by atoms with Crippen molar-refractivity contribution in [1.82, 2.24) is 0 Å². The van der Waals surface area contributed by atoms with Crippen molar-refractivity contribution in [2.24, 2.45) is 5.92 Å². The highest BCUT2D eigenvalue weighted by molar-refractivity contribution is 4.55. The third-order valence-corrected chi connectivity index (χ3v) is 2.10. The van der Waals surface area contributed by atoms with Crippen LogP contribution in [0.15, 0.2) is 0 Å². The van der Waals surface area contributed by atoms with E-state index in [4.69, 9.17) is 4.74 Å². The van der Waals surface area contributed by atoms with Gasteiger partial charge in [0.2, 0.25) is 0 Å². The van der Waals surface area contributed by atoms with Gasteiger partial charge in [0, 0.05) is 13.2 Å². The third kappa shape index (κ3) is 6.36. The monoisotopic (exact) mass is 158 g/mol. The van der Waals surface area contributed by atoms with Gasteiger partial charge in [-0.3, -0.25) is 0 Å². The summed E-state index contributed by atoms with van der Waals surface area (Å²) in [6, 6.07) is 0. The Morgan fingerprint density at radius 1 is 1.18 bits per heavy atom. The molecule has 0 radical (unpaired) electrons. The molecular formula is C10H22O. The van der Waals surface area contributed by atoms with Gasteiger partial charge in [-0.15, -0.1) is 0 Å². The molecule has 0 spiro atoms. The maximum atomic E-state index is 5.38. The summed E-state index contributed by atoms with van der Waals surface area (Å²) in [4.78, 5) is 0. The molecule has 0 aliphatic rings. The molecule has 1 nitrogen and oxygen atoms in total. The fourth-order valence-corrected chi connectivity index (χ4v) is 1.18. The molecule has 1 heteroatoms. The third-order valence-electron chi connectivity index (χ3n) is 2.10. The van der Waals surface area contributed by atoms with Crippen LogP contribution < -0.4 is 0 Å². The maximum absolute atomic E-state index is 5.38. The van der Waals surface area contributed by atoms with Crippen LogP contribution >= 0.6 is 0 Å². The average Bonchev–Trinajstić information content (AvgIpc) is 2.05. The van der Waals surface area contributed by atoms with Crippen molar-refractivity contribution in [1.29, 1.82) is 0 Å². The van der Waals surface area contributed by atoms with Crippen molar-refractivity contribution in [2.75, 3.05) is 13.2 Å². The van der Waals surface area contributed by atoms with E-state index in [1.807, 2.05) is 0 Å². The van der Waals surface area contributed by atoms with Crippen LogP contribution in [0.1, 0.15) is 46.5 Å². The largest absolute Gasteiger partial charge is 0.381 e. The molecule has 0 saturated carbocycles. The first-order valence-corrected chi connectivity index (χ1v) is 4.92. The fraction of sp³-hybridized carbons (Fsp3) is 1.00. The summed E-state index contributed by atoms with van der Waals surface area (Å²) in [6.07, 6.45) is 5.27. The van der Waals surface area contributed by atoms with E-state index in [1.54, 1.807) is 0 Å². The predicted molar refractivity (Wildman–Crippen MR) is 49.8 cm³/mol. The highest BCUT2D eigenvalue weighted by Gasteiger charge is 2.04. The minimum atomic E-state index is 0.801. The zero-order valence-corrected chi connectivity index (χ0v) is 8.23. The van der Waals surface area contributed by atoms with Crippen molar-refractivity contribution in [3.8, 4) is 0 Å². The first-order chi connectivity index (χ1) is 5.35. The Balaban J connectivity index is 3.25. The maximum Gasteiger partial charge on any atom is 0.0494 e. The lowest BCUT2D eigenvalue weighted by Gasteiger charge is -2.13. The molecule has 0 saturated heterocycles. The molecule has 0 aromatic carbocycles. The van der Waals surface area contributed by atoms with Crippen molar-refractivity contribution in [3.05, 3.63) is 0 Å². The van der Waals surface area contributed by atoms with Crippen molar-refractivity contribution in [2.45, 2.75) is 46.5 Å². The zero-order chi connectivity index (χ0) is 8.53. The van der Waals surface area contributed by atoms with Crippen LogP contribution in [0, 0.1) is 5.92 Å². The van der Waals surface area contributed by atoms with Gasteiger partial charge in [-0.05, 0) is 19.3 Å². The molecule has 0 aliphatic carbocycles. The van der Waals surface area contributed by atoms with Crippen LogP contribution in [0.4, 0.5) is 0 Å². The van der Waals surface area contributed by atoms with Crippen molar-refractivity contribution in [3.63, 3.8) is 0 Å². The minimum Gasteiger partial charge on any atom is -0.381 e. The van der Waals surface area contributed by atoms with E-state index in [0.29, 0.717) is 0 Å². The van der Waals surface area contributed by atoms with Gasteiger partial charge >= 0.3 is 0 Å². The summed E-state index contributed by atoms with van der Waals surface area (Å²) < 4.78 is 5.38. The Morgan fingerprint density at radius 2 is 1.91 bits per heavy atom. The summed E-state index contributed by atoms with van der Waals surface area (Å²) in [7, 11) is 0. The van der Waals surface area contributed by atoms with Gasteiger partial charge in [-0.25, -0.2) is 0 Å². The quantitative estimate of drug-likeness (QED) is 0.552. The second kappa shape index (κ2) is 8.06. The molecular weight excluding hydrogens is 136 g/mol. The Hall–Kier alpha value is -0.0400. The molecule has 11 heavy (non-hydrogen) atoms. The molecule has 0 aromatic rings. The van der Waals surface area contributed by atoms with E-state index in [9.17, 15) is 0 Å². The van der Waals surface area contributed by atoms with Gasteiger partial charge in [0.15, 0.2) is 0 Å². The van der Waals surface area contributed by atoms with Crippen LogP contribution in [-0.2, 0) is 4.74 Å². The summed E-state index contributed by atoms with van der Waals surface area (Å²) in [6.45, 7) is 8.38. The molecule has 0 amide bonds. The summed E-state index contributed by atoms with van der Waals surface area (Å²) in [5.74, 6) is 0.801. The Bertz CT molecular complexity index is 63.3. The van der Waals surface area contributed by atoms with E-state index in [2.05, 4.69) is 20.8 Å². The Morgan fingerprint density at radius 3 is 2.36 bits per heavy atom. The van der Waals surface area contributed by atoms with E-state index in [1.165, 1.54) is 25.7 Å². The van der Waals surface area contributed by atoms with Crippen LogP contribution in [0.5, 0.6) is 0 Å². The van der Waals surface area contributed by atoms with Crippen LogP contribution in [0.25, 0.3) is 0 Å². The molecule has 0 bridgehead atoms. The van der Waals surface area contributed by atoms with E-state index in [-0.39, 0.29) is 0 Å². The average molecular weight is 158 g/mol. The van der Waals surface area contributed by atoms with E-state index >= 15 is 0 Å². The lowest BCUT2D eigenvalue weighted by atomic mass is 10.0. The van der Waals surface area contributed by atoms with Crippen molar-refractivity contribution < 1.29 is 4.74 Å². The highest BCUT2D eigenvalue weighted by Crippen LogP contribution is 2.12. The normalized spacial score (nSPS) is 13.4. The highest BCUT2D eigenvalue weighted by atomic mass is 16.5. The Labute approximate surface area is 71.1 Å². The Kier molecular flexibility index (Phi) is 8.03. The van der Waals surface area contributed by atoms with Gasteiger partial charge < -0.3 is 4.74 Å². The predicted octanol–water partition coefficient (Wildman–Crippen LogP) is 3.24. The minimum absolute atomic E-state index is 0.801. The second-order valence-electron chi connectivity index (χ2n) is 3.08. The lowest BCUT2D eigenvalue weighted by molar-refractivity contribution is 0.104. The zero-order valence-electron chi connectivity index (χ0n) is 8.23. The van der Waals surface area contributed by atoms with Crippen LogP contribution in [0.2, 0.25) is 0 Å². The number of hydrogen-bond acceptors (Lipinski definition) is 1.